The van der Waals surface area contributed by atoms with Gasteiger partial charge in [0.05, 0.1) is 13.7 Å². The second kappa shape index (κ2) is 12.5. The lowest BCUT2D eigenvalue weighted by Crippen LogP contribution is -2.50. The van der Waals surface area contributed by atoms with Gasteiger partial charge in [0.2, 0.25) is 5.88 Å². The van der Waals surface area contributed by atoms with E-state index in [-0.39, 0.29) is 17.4 Å². The zero-order valence-electron chi connectivity index (χ0n) is 24.8. The normalized spacial score (nSPS) is 15.5. The summed E-state index contributed by atoms with van der Waals surface area (Å²) in [4.78, 5) is 34.3. The van der Waals surface area contributed by atoms with Crippen LogP contribution in [0.5, 0.6) is 11.6 Å². The van der Waals surface area contributed by atoms with Gasteiger partial charge >= 0.3 is 6.09 Å². The molecule has 1 aromatic heterocycles. The largest absolute Gasteiger partial charge is 0.494 e. The minimum absolute atomic E-state index is 0.260. The maximum absolute atomic E-state index is 14.2. The van der Waals surface area contributed by atoms with Gasteiger partial charge in [-0.05, 0) is 74.7 Å². The number of methoxy groups -OCH3 is 1. The molecule has 1 fully saturated rings. The summed E-state index contributed by atoms with van der Waals surface area (Å²) >= 11 is 0. The summed E-state index contributed by atoms with van der Waals surface area (Å²) in [5, 5.41) is 0. The lowest BCUT2D eigenvalue weighted by molar-refractivity contribution is 0.0142. The van der Waals surface area contributed by atoms with Crippen LogP contribution >= 0.6 is 0 Å². The third-order valence-corrected chi connectivity index (χ3v) is 7.28. The Kier molecular flexibility index (Phi) is 8.77. The molecule has 1 amide bonds. The van der Waals surface area contributed by atoms with E-state index in [4.69, 9.17) is 14.2 Å². The van der Waals surface area contributed by atoms with Crippen LogP contribution in [0.15, 0.2) is 54.7 Å². The Bertz CT molecular complexity index is 1520. The summed E-state index contributed by atoms with van der Waals surface area (Å²) < 4.78 is 45.1. The molecule has 1 aliphatic heterocycles. The van der Waals surface area contributed by atoms with Gasteiger partial charge in [-0.2, -0.15) is 0 Å². The first kappa shape index (κ1) is 30.2. The molecule has 2 heterocycles. The number of halogens is 2. The zero-order chi connectivity index (χ0) is 30.7. The molecule has 2 aromatic carbocycles. The number of fused-ring (bicyclic) bond motifs is 1. The van der Waals surface area contributed by atoms with Crippen molar-refractivity contribution >= 4 is 23.0 Å². The second-order valence-electron chi connectivity index (χ2n) is 11.5. The minimum Gasteiger partial charge on any atom is -0.494 e. The van der Waals surface area contributed by atoms with Crippen LogP contribution in [0.2, 0.25) is 0 Å². The summed E-state index contributed by atoms with van der Waals surface area (Å²) in [6, 6.07) is 11.8. The number of pyridine rings is 1. The predicted molar refractivity (Wildman–Crippen MR) is 158 cm³/mol. The van der Waals surface area contributed by atoms with Crippen molar-refractivity contribution < 1.29 is 32.6 Å². The number of hydrogen-bond acceptors (Lipinski definition) is 7. The molecule has 226 valence electrons. The van der Waals surface area contributed by atoms with E-state index in [1.54, 1.807) is 35.2 Å². The fourth-order valence-electron chi connectivity index (χ4n) is 5.28. The summed E-state index contributed by atoms with van der Waals surface area (Å²) in [5.74, 6) is -0.842. The number of carbonyl (C=O) groups excluding carboxylic acids is 2. The molecule has 0 atom stereocenters. The highest BCUT2D eigenvalue weighted by atomic mass is 19.1. The second-order valence-corrected chi connectivity index (χ2v) is 11.5. The van der Waals surface area contributed by atoms with Crippen LogP contribution in [0.25, 0.3) is 11.1 Å². The van der Waals surface area contributed by atoms with Crippen molar-refractivity contribution in [3.8, 4) is 11.6 Å². The number of aromatic nitrogens is 1. The number of allylic oxidation sites excluding steroid dienone is 1. The fraction of sp³-hybridized carbons (Fsp3) is 0.364. The topological polar surface area (TPSA) is 81.2 Å². The van der Waals surface area contributed by atoms with Crippen molar-refractivity contribution in [2.75, 3.05) is 46.4 Å². The molecule has 0 spiro atoms. The Morgan fingerprint density at radius 2 is 1.63 bits per heavy atom. The molecule has 0 unspecified atom stereocenters. The number of benzene rings is 2. The molecule has 0 saturated carbocycles. The minimum atomic E-state index is -0.734. The number of hydrogen-bond donors (Lipinski definition) is 0. The van der Waals surface area contributed by atoms with E-state index in [2.05, 4.69) is 9.88 Å². The average molecular weight is 592 g/mol. The molecule has 43 heavy (non-hydrogen) atoms. The van der Waals surface area contributed by atoms with Crippen LogP contribution in [-0.2, 0) is 4.74 Å². The third-order valence-electron chi connectivity index (χ3n) is 7.28. The molecule has 0 N–H and O–H groups in total. The van der Waals surface area contributed by atoms with E-state index >= 15 is 0 Å². The van der Waals surface area contributed by atoms with Gasteiger partial charge in [-0.15, -0.1) is 0 Å². The first-order valence-corrected chi connectivity index (χ1v) is 14.3. The number of Topliss-reactive ketones (excluding diaryl/α,β-unsaturated/α-hetero) is 1. The van der Waals surface area contributed by atoms with E-state index < -0.39 is 17.2 Å². The monoisotopic (exact) mass is 591 g/mol. The molecule has 2 aliphatic rings. The van der Waals surface area contributed by atoms with Crippen molar-refractivity contribution in [3.63, 3.8) is 0 Å². The van der Waals surface area contributed by atoms with Crippen LogP contribution in [0.4, 0.5) is 13.6 Å². The number of rotatable bonds is 8. The molecule has 0 bridgehead atoms. The van der Waals surface area contributed by atoms with E-state index in [1.165, 1.54) is 25.4 Å². The first-order valence-electron chi connectivity index (χ1n) is 14.3. The first-order chi connectivity index (χ1) is 20.5. The maximum Gasteiger partial charge on any atom is 0.410 e. The van der Waals surface area contributed by atoms with Crippen LogP contribution in [0.3, 0.4) is 0 Å². The standard InChI is InChI=1S/C33H35F2N3O5/c1-33(2,3)43-32(40)38-13-11-37(12-14-38)10-5-15-42-25-7-8-26-27(19-25)31(39)30(21-6-9-28(41-4)36-20-21)29(26)22-16-23(34)18-24(35)17-22/h6-9,16-20H,5,10-15H2,1-4H3. The van der Waals surface area contributed by atoms with Crippen molar-refractivity contribution in [2.45, 2.75) is 32.8 Å². The number of nitrogens with zero attached hydrogens (tertiary/aromatic N) is 3. The number of ketones is 1. The summed E-state index contributed by atoms with van der Waals surface area (Å²) in [5.41, 5.74) is 1.95. The highest BCUT2D eigenvalue weighted by Gasteiger charge is 2.33. The Morgan fingerprint density at radius 3 is 2.26 bits per heavy atom. The van der Waals surface area contributed by atoms with Crippen LogP contribution in [0.1, 0.15) is 54.2 Å². The van der Waals surface area contributed by atoms with E-state index in [0.29, 0.717) is 59.2 Å². The Hall–Kier alpha value is -4.31. The van der Waals surface area contributed by atoms with E-state index in [0.717, 1.165) is 32.1 Å². The smallest absolute Gasteiger partial charge is 0.410 e. The van der Waals surface area contributed by atoms with Gasteiger partial charge in [0.1, 0.15) is 23.0 Å². The summed E-state index contributed by atoms with van der Waals surface area (Å²) in [7, 11) is 1.49. The molecule has 5 rings (SSSR count). The quantitative estimate of drug-likeness (QED) is 0.304. The van der Waals surface area contributed by atoms with Gasteiger partial charge in [0.15, 0.2) is 5.78 Å². The van der Waals surface area contributed by atoms with Crippen LogP contribution in [0, 0.1) is 11.6 Å². The zero-order valence-corrected chi connectivity index (χ0v) is 24.8. The summed E-state index contributed by atoms with van der Waals surface area (Å²) in [6.07, 6.45) is 1.98. The Balaban J connectivity index is 1.25. The molecule has 1 saturated heterocycles. The number of carbonyl (C=O) groups is 2. The number of ether oxygens (including phenoxy) is 3. The van der Waals surface area contributed by atoms with E-state index in [9.17, 15) is 18.4 Å². The lowest BCUT2D eigenvalue weighted by Gasteiger charge is -2.35. The Labute approximate surface area is 249 Å². The van der Waals surface area contributed by atoms with Gasteiger partial charge in [0, 0.05) is 73.3 Å². The SMILES string of the molecule is COc1ccc(C2=C(c3cc(F)cc(F)c3)c3ccc(OCCCN4CCN(C(=O)OC(C)(C)C)CC4)cc3C2=O)cn1. The third kappa shape index (κ3) is 7.02. The highest BCUT2D eigenvalue weighted by molar-refractivity contribution is 6.41. The van der Waals surface area contributed by atoms with Crippen molar-refractivity contribution in [1.29, 1.82) is 0 Å². The van der Waals surface area contributed by atoms with E-state index in [1.807, 2.05) is 20.8 Å². The Morgan fingerprint density at radius 1 is 0.907 bits per heavy atom. The van der Waals surface area contributed by atoms with Gasteiger partial charge in [-0.25, -0.2) is 18.6 Å². The van der Waals surface area contributed by atoms with Crippen LogP contribution in [-0.4, -0.2) is 78.7 Å². The van der Waals surface area contributed by atoms with Gasteiger partial charge in [-0.1, -0.05) is 0 Å². The molecule has 3 aromatic rings. The van der Waals surface area contributed by atoms with Crippen molar-refractivity contribution in [1.82, 2.24) is 14.8 Å². The highest BCUT2D eigenvalue weighted by Crippen LogP contribution is 2.43. The van der Waals surface area contributed by atoms with Crippen LogP contribution < -0.4 is 9.47 Å². The fourth-order valence-corrected chi connectivity index (χ4v) is 5.28. The number of amides is 1. The predicted octanol–water partition coefficient (Wildman–Crippen LogP) is 5.85. The molecule has 1 aliphatic carbocycles. The molecule has 10 heteroatoms. The molecular weight excluding hydrogens is 556 g/mol. The molecule has 8 nitrogen and oxygen atoms in total. The molecule has 0 radical (unpaired) electrons. The van der Waals surface area contributed by atoms with Crippen molar-refractivity contribution in [3.05, 3.63) is 88.6 Å². The average Bonchev–Trinajstić information content (AvgIpc) is 3.26. The summed E-state index contributed by atoms with van der Waals surface area (Å²) in [6.45, 7) is 9.54. The van der Waals surface area contributed by atoms with Gasteiger partial charge in [-0.3, -0.25) is 9.69 Å². The lowest BCUT2D eigenvalue weighted by atomic mass is 9.95. The van der Waals surface area contributed by atoms with Crippen molar-refractivity contribution in [2.24, 2.45) is 0 Å². The molecular formula is C33H35F2N3O5. The van der Waals surface area contributed by atoms with Gasteiger partial charge in [0.25, 0.3) is 0 Å². The maximum atomic E-state index is 14.2. The van der Waals surface area contributed by atoms with Gasteiger partial charge < -0.3 is 19.1 Å². The number of piperazine rings is 1.